The number of aryl methyl sites for hydroxylation is 1. The van der Waals surface area contributed by atoms with Crippen LogP contribution in [0.2, 0.25) is 5.02 Å². The highest BCUT2D eigenvalue weighted by Crippen LogP contribution is 2.27. The molecule has 0 bridgehead atoms. The van der Waals surface area contributed by atoms with Crippen LogP contribution in [-0.4, -0.2) is 43.5 Å². The Morgan fingerprint density at radius 1 is 1.21 bits per heavy atom. The van der Waals surface area contributed by atoms with Crippen LogP contribution in [-0.2, 0) is 9.59 Å². The number of nitrogens with one attached hydrogen (secondary N) is 1. The highest BCUT2D eigenvalue weighted by Gasteiger charge is 2.18. The average molecular weight is 416 g/mol. The molecule has 1 N–H and O–H groups in total. The molecule has 0 aromatic heterocycles. The Kier molecular flexibility index (Phi) is 7.87. The van der Waals surface area contributed by atoms with E-state index >= 15 is 0 Å². The number of hydrogen-bond acceptors (Lipinski definition) is 5. The minimum atomic E-state index is -0.350. The molecular weight excluding hydrogens is 394 g/mol. The third-order valence-electron chi connectivity index (χ3n) is 4.19. The molecule has 7 nitrogen and oxygen atoms in total. The van der Waals surface area contributed by atoms with Crippen LogP contribution in [0.4, 0.5) is 5.69 Å². The summed E-state index contributed by atoms with van der Waals surface area (Å²) in [5.74, 6) is 0.0161. The van der Waals surface area contributed by atoms with E-state index in [1.54, 1.807) is 37.3 Å². The van der Waals surface area contributed by atoms with Crippen molar-refractivity contribution in [1.29, 1.82) is 5.26 Å². The summed E-state index contributed by atoms with van der Waals surface area (Å²) in [7, 11) is 1.45. The molecule has 152 valence electrons. The van der Waals surface area contributed by atoms with Crippen molar-refractivity contribution in [2.24, 2.45) is 0 Å². The topological polar surface area (TPSA) is 91.7 Å². The molecule has 0 radical (unpaired) electrons. The molecule has 0 aliphatic heterocycles. The Bertz CT molecular complexity index is 940. The quantitative estimate of drug-likeness (QED) is 0.713. The van der Waals surface area contributed by atoms with Crippen LogP contribution in [0.5, 0.6) is 11.5 Å². The summed E-state index contributed by atoms with van der Waals surface area (Å²) in [6, 6.07) is 11.9. The highest BCUT2D eigenvalue weighted by molar-refractivity contribution is 6.31. The molecule has 0 aliphatic carbocycles. The fourth-order valence-electron chi connectivity index (χ4n) is 2.56. The first-order valence-electron chi connectivity index (χ1n) is 8.92. The Morgan fingerprint density at radius 2 is 1.97 bits per heavy atom. The van der Waals surface area contributed by atoms with Gasteiger partial charge in [0, 0.05) is 23.3 Å². The molecule has 2 rings (SSSR count). The number of halogens is 1. The predicted octanol–water partition coefficient (Wildman–Crippen LogP) is 3.39. The van der Waals surface area contributed by atoms with Gasteiger partial charge in [-0.25, -0.2) is 0 Å². The normalized spacial score (nSPS) is 10.0. The van der Waals surface area contributed by atoms with Gasteiger partial charge in [0.25, 0.3) is 5.91 Å². The summed E-state index contributed by atoms with van der Waals surface area (Å²) in [5.41, 5.74) is 1.89. The number of likely N-dealkylation sites (N-methyl/N-ethyl adjacent to an activating group) is 1. The van der Waals surface area contributed by atoms with Crippen LogP contribution < -0.4 is 14.8 Å². The fourth-order valence-corrected chi connectivity index (χ4v) is 2.73. The number of ether oxygens (including phenoxy) is 2. The van der Waals surface area contributed by atoms with Gasteiger partial charge in [0.05, 0.1) is 25.3 Å². The van der Waals surface area contributed by atoms with Crippen LogP contribution in [0, 0.1) is 18.3 Å². The summed E-state index contributed by atoms with van der Waals surface area (Å²) in [6.45, 7) is 3.59. The van der Waals surface area contributed by atoms with Gasteiger partial charge in [0.1, 0.15) is 0 Å². The van der Waals surface area contributed by atoms with Crippen molar-refractivity contribution < 1.29 is 19.1 Å². The molecule has 2 aromatic carbocycles. The molecule has 0 fully saturated rings. The van der Waals surface area contributed by atoms with E-state index in [0.717, 1.165) is 5.56 Å². The molecule has 0 saturated heterocycles. The van der Waals surface area contributed by atoms with E-state index in [2.05, 4.69) is 5.32 Å². The van der Waals surface area contributed by atoms with E-state index in [0.29, 0.717) is 34.3 Å². The maximum atomic E-state index is 12.5. The summed E-state index contributed by atoms with van der Waals surface area (Å²) < 4.78 is 10.7. The van der Waals surface area contributed by atoms with Crippen molar-refractivity contribution in [2.45, 2.75) is 13.8 Å². The first kappa shape index (κ1) is 22.1. The van der Waals surface area contributed by atoms with Crippen molar-refractivity contribution in [1.82, 2.24) is 4.90 Å². The predicted molar refractivity (Wildman–Crippen MR) is 110 cm³/mol. The van der Waals surface area contributed by atoms with E-state index in [-0.39, 0.29) is 25.0 Å². The van der Waals surface area contributed by atoms with E-state index < -0.39 is 0 Å². The second-order valence-electron chi connectivity index (χ2n) is 6.18. The fraction of sp³-hybridized carbons (Fsp3) is 0.286. The zero-order valence-corrected chi connectivity index (χ0v) is 17.2. The van der Waals surface area contributed by atoms with E-state index in [1.165, 1.54) is 18.1 Å². The zero-order valence-electron chi connectivity index (χ0n) is 16.5. The number of nitrogens with zero attached hydrogens (tertiary/aromatic N) is 2. The number of anilines is 1. The molecule has 0 spiro atoms. The van der Waals surface area contributed by atoms with Crippen molar-refractivity contribution in [3.8, 4) is 17.6 Å². The molecule has 2 aromatic rings. The van der Waals surface area contributed by atoms with Gasteiger partial charge in [0.2, 0.25) is 5.91 Å². The van der Waals surface area contributed by atoms with Crippen molar-refractivity contribution >= 4 is 29.1 Å². The maximum absolute atomic E-state index is 12.5. The molecule has 0 saturated carbocycles. The number of hydrogen-bond donors (Lipinski definition) is 1. The van der Waals surface area contributed by atoms with Gasteiger partial charge in [-0.05, 0) is 43.7 Å². The second-order valence-corrected chi connectivity index (χ2v) is 6.62. The molecule has 0 aliphatic rings. The minimum Gasteiger partial charge on any atom is -0.493 e. The molecular formula is C21H22ClN3O4. The SMILES string of the molecule is CCN(CC(=O)Nc1cc(Cl)ccc1C)C(=O)COc1ccc(C#N)cc1OC. The third-order valence-corrected chi connectivity index (χ3v) is 4.42. The van der Waals surface area contributed by atoms with Crippen LogP contribution in [0.15, 0.2) is 36.4 Å². The van der Waals surface area contributed by atoms with E-state index in [4.69, 9.17) is 26.3 Å². The van der Waals surface area contributed by atoms with Gasteiger partial charge in [-0.3, -0.25) is 9.59 Å². The number of amides is 2. The number of carbonyl (C=O) groups is 2. The third kappa shape index (κ3) is 6.13. The number of nitriles is 1. The number of rotatable bonds is 8. The molecule has 29 heavy (non-hydrogen) atoms. The largest absolute Gasteiger partial charge is 0.493 e. The summed E-state index contributed by atoms with van der Waals surface area (Å²) in [5, 5.41) is 12.2. The Morgan fingerprint density at radius 3 is 2.62 bits per heavy atom. The van der Waals surface area contributed by atoms with Crippen molar-refractivity contribution in [3.05, 3.63) is 52.5 Å². The standard InChI is InChI=1S/C21H22ClN3O4/c1-4-25(12-20(26)24-17-10-16(22)7-5-14(17)2)21(27)13-29-18-8-6-15(11-23)9-19(18)28-3/h5-10H,4,12-13H2,1-3H3,(H,24,26). The van der Waals surface area contributed by atoms with Crippen LogP contribution in [0.25, 0.3) is 0 Å². The lowest BCUT2D eigenvalue weighted by Crippen LogP contribution is -2.40. The summed E-state index contributed by atoms with van der Waals surface area (Å²) in [4.78, 5) is 26.2. The molecule has 0 heterocycles. The Balaban J connectivity index is 1.97. The van der Waals surface area contributed by atoms with Gasteiger partial charge in [-0.1, -0.05) is 17.7 Å². The number of carbonyl (C=O) groups excluding carboxylic acids is 2. The van der Waals surface area contributed by atoms with Crippen LogP contribution in [0.3, 0.4) is 0 Å². The smallest absolute Gasteiger partial charge is 0.260 e. The average Bonchev–Trinajstić information content (AvgIpc) is 2.72. The van der Waals surface area contributed by atoms with Crippen molar-refractivity contribution in [2.75, 3.05) is 32.1 Å². The minimum absolute atomic E-state index is 0.116. The number of benzene rings is 2. The first-order chi connectivity index (χ1) is 13.9. The molecule has 2 amide bonds. The Hall–Kier alpha value is -3.24. The Labute approximate surface area is 174 Å². The van der Waals surface area contributed by atoms with Crippen LogP contribution >= 0.6 is 11.6 Å². The van der Waals surface area contributed by atoms with Crippen molar-refractivity contribution in [3.63, 3.8) is 0 Å². The van der Waals surface area contributed by atoms with E-state index in [1.807, 2.05) is 13.0 Å². The second kappa shape index (κ2) is 10.3. The molecule has 0 unspecified atom stereocenters. The summed E-state index contributed by atoms with van der Waals surface area (Å²) in [6.07, 6.45) is 0. The highest BCUT2D eigenvalue weighted by atomic mass is 35.5. The summed E-state index contributed by atoms with van der Waals surface area (Å²) >= 11 is 5.97. The lowest BCUT2D eigenvalue weighted by atomic mass is 10.2. The lowest BCUT2D eigenvalue weighted by Gasteiger charge is -2.21. The van der Waals surface area contributed by atoms with Gasteiger partial charge in [0.15, 0.2) is 18.1 Å². The molecule has 0 atom stereocenters. The first-order valence-corrected chi connectivity index (χ1v) is 9.30. The zero-order chi connectivity index (χ0) is 21.4. The number of methoxy groups -OCH3 is 1. The monoisotopic (exact) mass is 415 g/mol. The van der Waals surface area contributed by atoms with E-state index in [9.17, 15) is 9.59 Å². The lowest BCUT2D eigenvalue weighted by molar-refractivity contribution is -0.136. The van der Waals surface area contributed by atoms with Gasteiger partial charge < -0.3 is 19.7 Å². The van der Waals surface area contributed by atoms with Gasteiger partial charge in [-0.15, -0.1) is 0 Å². The maximum Gasteiger partial charge on any atom is 0.260 e. The van der Waals surface area contributed by atoms with Crippen LogP contribution in [0.1, 0.15) is 18.1 Å². The molecule has 8 heteroatoms. The van der Waals surface area contributed by atoms with Gasteiger partial charge in [-0.2, -0.15) is 5.26 Å². The van der Waals surface area contributed by atoms with Gasteiger partial charge >= 0.3 is 0 Å².